The Bertz CT molecular complexity index is 596. The molecule has 2 N–H and O–H groups in total. The summed E-state index contributed by atoms with van der Waals surface area (Å²) in [5.41, 5.74) is 1.11. The summed E-state index contributed by atoms with van der Waals surface area (Å²) >= 11 is 0. The monoisotopic (exact) mass is 420 g/mol. The standard InChI is InChI=1S/C22H38N4O2.C2H6/c1-5-23-22(27)26-16(4)6-11-19(20-12-13-24-25-20)21(26)14-28-18-9-7-17(8-10-18)15(2)3;1-2/h12-13,15-19,21H,5-11,14H2,1-4H3,(H,23,27)(H,24,25);1-2H3. The molecule has 0 aromatic carbocycles. The molecule has 1 saturated carbocycles. The second-order valence-corrected chi connectivity index (χ2v) is 8.97. The van der Waals surface area contributed by atoms with Crippen LogP contribution in [-0.2, 0) is 4.74 Å². The minimum atomic E-state index is 0.0244. The summed E-state index contributed by atoms with van der Waals surface area (Å²) in [5, 5.41) is 10.3. The fourth-order valence-corrected chi connectivity index (χ4v) is 5.06. The number of hydrogen-bond donors (Lipinski definition) is 2. The van der Waals surface area contributed by atoms with Crippen molar-refractivity contribution in [1.29, 1.82) is 0 Å². The largest absolute Gasteiger partial charge is 0.376 e. The summed E-state index contributed by atoms with van der Waals surface area (Å²) in [7, 11) is 0. The molecule has 2 aliphatic rings. The third-order valence-corrected chi connectivity index (χ3v) is 6.84. The van der Waals surface area contributed by atoms with E-state index in [9.17, 15) is 4.79 Å². The van der Waals surface area contributed by atoms with Crippen LogP contribution in [0.2, 0.25) is 0 Å². The first-order chi connectivity index (χ1) is 14.5. The lowest BCUT2D eigenvalue weighted by molar-refractivity contribution is -0.0319. The van der Waals surface area contributed by atoms with Crippen LogP contribution in [0.1, 0.15) is 91.7 Å². The van der Waals surface area contributed by atoms with Crippen LogP contribution in [-0.4, -0.2) is 52.5 Å². The molecule has 1 aliphatic carbocycles. The average molecular weight is 421 g/mol. The van der Waals surface area contributed by atoms with Gasteiger partial charge in [0.1, 0.15) is 0 Å². The SMILES string of the molecule is CC.CCNC(=O)N1C(C)CCC(c2ccn[nH]2)C1COC1CCC(C(C)C)CC1. The highest BCUT2D eigenvalue weighted by atomic mass is 16.5. The predicted octanol–water partition coefficient (Wildman–Crippen LogP) is 5.33. The van der Waals surface area contributed by atoms with Gasteiger partial charge in [0.25, 0.3) is 0 Å². The Hall–Kier alpha value is -1.56. The van der Waals surface area contributed by atoms with Crippen LogP contribution in [0.25, 0.3) is 0 Å². The molecule has 6 nitrogen and oxygen atoms in total. The van der Waals surface area contributed by atoms with Gasteiger partial charge in [-0.3, -0.25) is 5.10 Å². The van der Waals surface area contributed by atoms with Crippen molar-refractivity contribution in [1.82, 2.24) is 20.4 Å². The molecule has 0 spiro atoms. The van der Waals surface area contributed by atoms with Gasteiger partial charge in [-0.05, 0) is 70.3 Å². The summed E-state index contributed by atoms with van der Waals surface area (Å²) in [5.74, 6) is 1.84. The van der Waals surface area contributed by atoms with E-state index >= 15 is 0 Å². The van der Waals surface area contributed by atoms with Gasteiger partial charge in [0, 0.05) is 30.4 Å². The van der Waals surface area contributed by atoms with Crippen molar-refractivity contribution in [2.75, 3.05) is 13.2 Å². The van der Waals surface area contributed by atoms with Crippen LogP contribution >= 0.6 is 0 Å². The lowest BCUT2D eigenvalue weighted by atomic mass is 9.80. The van der Waals surface area contributed by atoms with Gasteiger partial charge in [-0.1, -0.05) is 27.7 Å². The van der Waals surface area contributed by atoms with E-state index in [1.807, 2.05) is 31.7 Å². The first-order valence-electron chi connectivity index (χ1n) is 12.2. The zero-order valence-electron chi connectivity index (χ0n) is 20.0. The quantitative estimate of drug-likeness (QED) is 0.653. The van der Waals surface area contributed by atoms with Crippen molar-refractivity contribution in [3.63, 3.8) is 0 Å². The normalized spacial score (nSPS) is 29.3. The van der Waals surface area contributed by atoms with E-state index in [0.29, 0.717) is 19.3 Å². The summed E-state index contributed by atoms with van der Waals surface area (Å²) in [6.45, 7) is 14.0. The van der Waals surface area contributed by atoms with E-state index in [1.54, 1.807) is 6.20 Å². The van der Waals surface area contributed by atoms with Crippen LogP contribution in [0.4, 0.5) is 4.79 Å². The summed E-state index contributed by atoms with van der Waals surface area (Å²) in [6, 6.07) is 2.32. The van der Waals surface area contributed by atoms with Crippen molar-refractivity contribution in [3.05, 3.63) is 18.0 Å². The number of carbonyl (C=O) groups excluding carboxylic acids is 1. The zero-order chi connectivity index (χ0) is 22.1. The van der Waals surface area contributed by atoms with E-state index in [1.165, 1.54) is 12.8 Å². The van der Waals surface area contributed by atoms with E-state index in [0.717, 1.165) is 43.2 Å². The van der Waals surface area contributed by atoms with Gasteiger partial charge in [0.15, 0.2) is 0 Å². The molecule has 3 rings (SSSR count). The Morgan fingerprint density at radius 1 is 1.23 bits per heavy atom. The van der Waals surface area contributed by atoms with Crippen LogP contribution in [0, 0.1) is 11.8 Å². The number of likely N-dealkylation sites (tertiary alicyclic amines) is 1. The lowest BCUT2D eigenvalue weighted by Crippen LogP contribution is -2.57. The van der Waals surface area contributed by atoms with Gasteiger partial charge in [0.05, 0.1) is 18.8 Å². The van der Waals surface area contributed by atoms with E-state index in [-0.39, 0.29) is 24.0 Å². The van der Waals surface area contributed by atoms with Crippen LogP contribution < -0.4 is 5.32 Å². The third-order valence-electron chi connectivity index (χ3n) is 6.84. The minimum absolute atomic E-state index is 0.0244. The molecule has 3 unspecified atom stereocenters. The van der Waals surface area contributed by atoms with Crippen LogP contribution in [0.3, 0.4) is 0 Å². The van der Waals surface area contributed by atoms with Crippen molar-refractivity contribution >= 4 is 6.03 Å². The number of nitrogens with zero attached hydrogens (tertiary/aromatic N) is 2. The number of hydrogen-bond acceptors (Lipinski definition) is 3. The van der Waals surface area contributed by atoms with E-state index < -0.39 is 0 Å². The first kappa shape index (κ1) is 24.7. The number of nitrogens with one attached hydrogen (secondary N) is 2. The molecule has 1 aromatic heterocycles. The molecule has 0 bridgehead atoms. The number of urea groups is 1. The number of aromatic amines is 1. The number of piperidine rings is 1. The van der Waals surface area contributed by atoms with Gasteiger partial charge in [0.2, 0.25) is 0 Å². The van der Waals surface area contributed by atoms with Crippen LogP contribution in [0.5, 0.6) is 0 Å². The maximum absolute atomic E-state index is 12.8. The van der Waals surface area contributed by atoms with Crippen molar-refractivity contribution in [2.24, 2.45) is 11.8 Å². The summed E-state index contributed by atoms with van der Waals surface area (Å²) < 4.78 is 6.43. The number of carbonyl (C=O) groups is 1. The average Bonchev–Trinajstić information content (AvgIpc) is 3.28. The number of H-pyrrole nitrogens is 1. The Kier molecular flexibility index (Phi) is 10.2. The van der Waals surface area contributed by atoms with Crippen molar-refractivity contribution in [2.45, 2.75) is 104 Å². The molecular formula is C24H44N4O2. The number of amides is 2. The van der Waals surface area contributed by atoms with Gasteiger partial charge in [-0.25, -0.2) is 4.79 Å². The van der Waals surface area contributed by atoms with E-state index in [2.05, 4.69) is 36.3 Å². The molecule has 2 heterocycles. The minimum Gasteiger partial charge on any atom is -0.376 e. The predicted molar refractivity (Wildman–Crippen MR) is 123 cm³/mol. The Balaban J connectivity index is 0.00000155. The molecule has 2 fully saturated rings. The molecule has 0 radical (unpaired) electrons. The smallest absolute Gasteiger partial charge is 0.317 e. The molecule has 172 valence electrons. The summed E-state index contributed by atoms with van der Waals surface area (Å²) in [6.07, 6.45) is 8.97. The maximum atomic E-state index is 12.8. The molecule has 1 aliphatic heterocycles. The lowest BCUT2D eigenvalue weighted by Gasteiger charge is -2.45. The summed E-state index contributed by atoms with van der Waals surface area (Å²) in [4.78, 5) is 14.9. The Labute approximate surface area is 183 Å². The molecule has 3 atom stereocenters. The topological polar surface area (TPSA) is 70.2 Å². The van der Waals surface area contributed by atoms with Gasteiger partial charge < -0.3 is 15.0 Å². The molecule has 6 heteroatoms. The highest BCUT2D eigenvalue weighted by molar-refractivity contribution is 5.75. The highest BCUT2D eigenvalue weighted by Crippen LogP contribution is 2.36. The van der Waals surface area contributed by atoms with Gasteiger partial charge in [-0.2, -0.15) is 5.10 Å². The van der Waals surface area contributed by atoms with Gasteiger partial charge in [-0.15, -0.1) is 0 Å². The third kappa shape index (κ3) is 6.22. The van der Waals surface area contributed by atoms with Gasteiger partial charge >= 0.3 is 6.03 Å². The zero-order valence-corrected chi connectivity index (χ0v) is 20.0. The first-order valence-corrected chi connectivity index (χ1v) is 12.2. The molecular weight excluding hydrogens is 376 g/mol. The number of rotatable bonds is 6. The molecule has 1 aromatic rings. The van der Waals surface area contributed by atoms with Crippen molar-refractivity contribution < 1.29 is 9.53 Å². The Morgan fingerprint density at radius 2 is 1.93 bits per heavy atom. The molecule has 30 heavy (non-hydrogen) atoms. The molecule has 2 amide bonds. The molecule has 1 saturated heterocycles. The maximum Gasteiger partial charge on any atom is 0.317 e. The Morgan fingerprint density at radius 3 is 2.50 bits per heavy atom. The van der Waals surface area contributed by atoms with E-state index in [4.69, 9.17) is 4.74 Å². The second kappa shape index (κ2) is 12.3. The fourth-order valence-electron chi connectivity index (χ4n) is 5.06. The number of aromatic nitrogens is 2. The fraction of sp³-hybridized carbons (Fsp3) is 0.833. The highest BCUT2D eigenvalue weighted by Gasteiger charge is 2.40. The number of ether oxygens (including phenoxy) is 1. The van der Waals surface area contributed by atoms with Crippen LogP contribution in [0.15, 0.2) is 12.3 Å². The second-order valence-electron chi connectivity index (χ2n) is 8.97. The van der Waals surface area contributed by atoms with Crippen molar-refractivity contribution in [3.8, 4) is 0 Å².